The third-order valence-corrected chi connectivity index (χ3v) is 10.8. The summed E-state index contributed by atoms with van der Waals surface area (Å²) in [5, 5.41) is 0. The van der Waals surface area contributed by atoms with Gasteiger partial charge in [-0.15, -0.1) is 0 Å². The summed E-state index contributed by atoms with van der Waals surface area (Å²) in [4.78, 5) is 0. The van der Waals surface area contributed by atoms with Crippen LogP contribution in [0.4, 0.5) is 0 Å². The van der Waals surface area contributed by atoms with Gasteiger partial charge in [-0.3, -0.25) is 0 Å². The lowest BCUT2D eigenvalue weighted by Crippen LogP contribution is -2.40. The van der Waals surface area contributed by atoms with E-state index in [4.69, 9.17) is 28.4 Å². The van der Waals surface area contributed by atoms with Crippen molar-refractivity contribution < 1.29 is 28.4 Å². The summed E-state index contributed by atoms with van der Waals surface area (Å²) in [5.74, 6) is -1.70. The van der Waals surface area contributed by atoms with Gasteiger partial charge in [0, 0.05) is 12.8 Å². The van der Waals surface area contributed by atoms with Gasteiger partial charge in [-0.05, 0) is 88.2 Å². The largest absolute Gasteiger partial charge is 0.327 e. The number of aryl methyl sites for hydroxylation is 2. The van der Waals surface area contributed by atoms with E-state index in [9.17, 15) is 0 Å². The van der Waals surface area contributed by atoms with E-state index >= 15 is 0 Å². The van der Waals surface area contributed by atoms with Crippen LogP contribution >= 0.6 is 0 Å². The second kappa shape index (κ2) is 38.2. The molecule has 0 N–H and O–H groups in total. The summed E-state index contributed by atoms with van der Waals surface area (Å²) in [7, 11) is 0. The van der Waals surface area contributed by atoms with Crippen molar-refractivity contribution in [1.29, 1.82) is 0 Å². The van der Waals surface area contributed by atoms with Crippen LogP contribution in [0.3, 0.4) is 0 Å². The topological polar surface area (TPSA) is 55.4 Å². The maximum atomic E-state index is 6.31. The molecule has 1 aromatic rings. The molecule has 0 amide bonds. The van der Waals surface area contributed by atoms with Crippen molar-refractivity contribution in [3.63, 3.8) is 0 Å². The molecule has 0 atom stereocenters. The Bertz CT molecular complexity index is 829. The van der Waals surface area contributed by atoms with E-state index < -0.39 is 11.9 Å². The summed E-state index contributed by atoms with van der Waals surface area (Å²) in [6.07, 6.45) is 34.7. The highest BCUT2D eigenvalue weighted by molar-refractivity contribution is 5.23. The van der Waals surface area contributed by atoms with Gasteiger partial charge in [0.15, 0.2) is 0 Å². The number of ether oxygens (including phenoxy) is 6. The van der Waals surface area contributed by atoms with E-state index in [1.807, 2.05) is 0 Å². The second-order valence-electron chi connectivity index (χ2n) is 16.3. The molecule has 1 aromatic carbocycles. The molecule has 0 fully saturated rings. The van der Waals surface area contributed by atoms with E-state index in [1.165, 1.54) is 101 Å². The average Bonchev–Trinajstić information content (AvgIpc) is 3.20. The second-order valence-corrected chi connectivity index (χ2v) is 16.3. The van der Waals surface area contributed by atoms with Crippen LogP contribution in [0.1, 0.15) is 232 Å². The summed E-state index contributed by atoms with van der Waals surface area (Å²) in [6, 6.07) is 9.41. The van der Waals surface area contributed by atoms with Crippen LogP contribution in [0, 0.1) is 0 Å². The molecule has 0 bridgehead atoms. The van der Waals surface area contributed by atoms with Crippen molar-refractivity contribution in [3.05, 3.63) is 35.4 Å². The zero-order valence-electron chi connectivity index (χ0n) is 38.2. The van der Waals surface area contributed by atoms with Crippen LogP contribution in [-0.4, -0.2) is 51.6 Å². The molecule has 0 aromatic heterocycles. The molecule has 0 aliphatic carbocycles. The molecule has 0 saturated heterocycles. The number of hydrogen-bond donors (Lipinski definition) is 0. The zero-order chi connectivity index (χ0) is 40.7. The maximum absolute atomic E-state index is 6.31. The van der Waals surface area contributed by atoms with Gasteiger partial charge in [-0.25, -0.2) is 0 Å². The quantitative estimate of drug-likeness (QED) is 0.0485. The molecule has 6 nitrogen and oxygen atoms in total. The van der Waals surface area contributed by atoms with Crippen LogP contribution in [-0.2, 0) is 41.3 Å². The summed E-state index contributed by atoms with van der Waals surface area (Å²) >= 11 is 0. The fraction of sp³-hybridized carbons (Fsp3) is 0.880. The first-order valence-corrected chi connectivity index (χ1v) is 24.4. The van der Waals surface area contributed by atoms with Crippen LogP contribution in [0.15, 0.2) is 24.3 Å². The van der Waals surface area contributed by atoms with E-state index in [1.54, 1.807) is 0 Å². The molecule has 1 rings (SSSR count). The molecule has 0 aliphatic rings. The molecule has 6 heteroatoms. The summed E-state index contributed by atoms with van der Waals surface area (Å²) in [5.41, 5.74) is 3.03. The molecule has 330 valence electrons. The fourth-order valence-corrected chi connectivity index (χ4v) is 6.96. The van der Waals surface area contributed by atoms with Crippen LogP contribution in [0.25, 0.3) is 0 Å². The van der Waals surface area contributed by atoms with Gasteiger partial charge in [0.1, 0.15) is 0 Å². The molecule has 0 spiro atoms. The Morgan fingerprint density at radius 3 is 0.839 bits per heavy atom. The number of hydrogen-bond acceptors (Lipinski definition) is 6. The Morgan fingerprint density at radius 2 is 0.571 bits per heavy atom. The fourth-order valence-electron chi connectivity index (χ4n) is 6.96. The highest BCUT2D eigenvalue weighted by Gasteiger charge is 2.34. The molecular formula is C50H94O6. The summed E-state index contributed by atoms with van der Waals surface area (Å²) < 4.78 is 37.9. The third kappa shape index (κ3) is 28.4. The minimum atomic E-state index is -0.848. The minimum Gasteiger partial charge on any atom is -0.327 e. The van der Waals surface area contributed by atoms with Gasteiger partial charge in [-0.1, -0.05) is 169 Å². The Labute approximate surface area is 348 Å². The minimum absolute atomic E-state index is 0.710. The zero-order valence-corrected chi connectivity index (χ0v) is 38.2. The van der Waals surface area contributed by atoms with Gasteiger partial charge in [-0.2, -0.15) is 0 Å². The molecule has 0 unspecified atom stereocenters. The van der Waals surface area contributed by atoms with Crippen molar-refractivity contribution in [1.82, 2.24) is 0 Å². The van der Waals surface area contributed by atoms with E-state index in [0.29, 0.717) is 39.6 Å². The predicted octanol–water partition coefficient (Wildman–Crippen LogP) is 15.2. The number of unbranched alkanes of at least 4 members (excludes halogenated alkanes) is 18. The third-order valence-electron chi connectivity index (χ3n) is 10.8. The molecule has 0 heterocycles. The van der Waals surface area contributed by atoms with Crippen molar-refractivity contribution >= 4 is 0 Å². The highest BCUT2D eigenvalue weighted by Crippen LogP contribution is 2.27. The molecule has 0 saturated carbocycles. The Kier molecular flexibility index (Phi) is 36.2. The van der Waals surface area contributed by atoms with Crippen LogP contribution in [0.5, 0.6) is 0 Å². The van der Waals surface area contributed by atoms with Gasteiger partial charge in [0.05, 0.1) is 39.6 Å². The van der Waals surface area contributed by atoms with Gasteiger partial charge in [0.2, 0.25) is 0 Å². The number of benzene rings is 1. The van der Waals surface area contributed by atoms with E-state index in [2.05, 4.69) is 65.8 Å². The van der Waals surface area contributed by atoms with Crippen molar-refractivity contribution in [3.8, 4) is 0 Å². The van der Waals surface area contributed by atoms with Crippen molar-refractivity contribution in [2.75, 3.05) is 39.6 Å². The maximum Gasteiger partial charge on any atom is 0.282 e. The average molecular weight is 791 g/mol. The van der Waals surface area contributed by atoms with Gasteiger partial charge in [0.25, 0.3) is 11.9 Å². The van der Waals surface area contributed by atoms with Gasteiger partial charge >= 0.3 is 0 Å². The standard InChI is InChI=1S/C50H94O6/c1-7-13-40-51-49(52-41-14-8-2,53-42-15-9-3)38-31-27-23-19-21-25-29-34-47-36-33-37-48(46-47)35-30-26-22-20-24-28-32-39-50(54-43-16-10-4,55-44-17-11-5)56-45-18-12-6/h33,36-37,46H,7-32,34-35,38-45H2,1-6H3. The van der Waals surface area contributed by atoms with Crippen LogP contribution < -0.4 is 0 Å². The first-order chi connectivity index (χ1) is 27.5. The Hall–Kier alpha value is -1.02. The lowest BCUT2D eigenvalue weighted by molar-refractivity contribution is -0.384. The lowest BCUT2D eigenvalue weighted by atomic mass is 9.99. The molecular weight excluding hydrogens is 697 g/mol. The summed E-state index contributed by atoms with van der Waals surface area (Å²) in [6.45, 7) is 17.5. The molecule has 0 aliphatic heterocycles. The Balaban J connectivity index is 2.29. The first-order valence-electron chi connectivity index (χ1n) is 24.4. The first kappa shape index (κ1) is 53.0. The Morgan fingerprint density at radius 1 is 0.321 bits per heavy atom. The van der Waals surface area contributed by atoms with Gasteiger partial charge < -0.3 is 28.4 Å². The van der Waals surface area contributed by atoms with Crippen molar-refractivity contribution in [2.45, 2.75) is 246 Å². The lowest BCUT2D eigenvalue weighted by Gasteiger charge is -2.33. The van der Waals surface area contributed by atoms with E-state index in [0.717, 1.165) is 103 Å². The van der Waals surface area contributed by atoms with E-state index in [-0.39, 0.29) is 0 Å². The van der Waals surface area contributed by atoms with Crippen LogP contribution in [0.2, 0.25) is 0 Å². The molecule has 56 heavy (non-hydrogen) atoms. The van der Waals surface area contributed by atoms with Crippen molar-refractivity contribution in [2.24, 2.45) is 0 Å². The monoisotopic (exact) mass is 791 g/mol. The number of rotatable bonds is 44. The highest BCUT2D eigenvalue weighted by atomic mass is 16.9. The normalized spacial score (nSPS) is 12.2. The predicted molar refractivity (Wildman–Crippen MR) is 238 cm³/mol. The SMILES string of the molecule is CCCCOC(CCCCCCCCCc1cccc(CCCCCCCCCC(OCCCC)(OCCCC)OCCCC)c1)(OCCCC)OCCCC. The molecule has 0 radical (unpaired) electrons. The smallest absolute Gasteiger partial charge is 0.282 e.